The zero-order chi connectivity index (χ0) is 18.2. The number of carbonyl (C=O) groups is 1. The van der Waals surface area contributed by atoms with E-state index in [4.69, 9.17) is 0 Å². The number of hydrogen-bond donors (Lipinski definition) is 1. The lowest BCUT2D eigenvalue weighted by molar-refractivity contribution is -0.139. The molecule has 5 nitrogen and oxygen atoms in total. The van der Waals surface area contributed by atoms with E-state index >= 15 is 0 Å². The Kier molecular flexibility index (Phi) is 4.84. The van der Waals surface area contributed by atoms with E-state index < -0.39 is 9.84 Å². The standard InChI is InChI=1S/C19H27NO4S/c1-14(2)20-12-11-19(18(20)22)9-7-15(8-10-19)13-25(23,24)17-5-3-16(21)4-6-17/h3-6,14-15,21H,7-13H2,1-2H3. The van der Waals surface area contributed by atoms with Crippen LogP contribution in [0.5, 0.6) is 5.75 Å². The number of carbonyl (C=O) groups excluding carboxylic acids is 1. The fraction of sp³-hybridized carbons (Fsp3) is 0.632. The first-order chi connectivity index (χ1) is 11.7. The number of sulfone groups is 1. The summed E-state index contributed by atoms with van der Waals surface area (Å²) in [5, 5.41) is 9.32. The minimum absolute atomic E-state index is 0.0630. The molecule has 1 aromatic carbocycles. The summed E-state index contributed by atoms with van der Waals surface area (Å²) < 4.78 is 25.1. The lowest BCUT2D eigenvalue weighted by Gasteiger charge is -2.36. The molecule has 0 atom stereocenters. The monoisotopic (exact) mass is 365 g/mol. The minimum atomic E-state index is -3.36. The van der Waals surface area contributed by atoms with Gasteiger partial charge in [-0.3, -0.25) is 4.79 Å². The largest absolute Gasteiger partial charge is 0.508 e. The Hall–Kier alpha value is -1.56. The Morgan fingerprint density at radius 2 is 1.76 bits per heavy atom. The SMILES string of the molecule is CC(C)N1CCC2(CCC(CS(=O)(=O)c3ccc(O)cc3)CC2)C1=O. The first kappa shape index (κ1) is 18.2. The number of likely N-dealkylation sites (tertiary alicyclic amines) is 1. The topological polar surface area (TPSA) is 74.7 Å². The fourth-order valence-corrected chi connectivity index (χ4v) is 5.96. The van der Waals surface area contributed by atoms with Gasteiger partial charge in [-0.2, -0.15) is 0 Å². The molecule has 25 heavy (non-hydrogen) atoms. The van der Waals surface area contributed by atoms with E-state index in [1.54, 1.807) is 0 Å². The highest BCUT2D eigenvalue weighted by Gasteiger charge is 2.49. The van der Waals surface area contributed by atoms with Gasteiger partial charge in [0.1, 0.15) is 5.75 Å². The molecule has 1 spiro atoms. The molecule has 1 N–H and O–H groups in total. The number of nitrogens with zero attached hydrogens (tertiary/aromatic N) is 1. The summed E-state index contributed by atoms with van der Waals surface area (Å²) in [5.74, 6) is 0.552. The van der Waals surface area contributed by atoms with E-state index in [0.29, 0.717) is 0 Å². The average molecular weight is 365 g/mol. The molecule has 0 unspecified atom stereocenters. The predicted octanol–water partition coefficient (Wildman–Crippen LogP) is 2.98. The first-order valence-electron chi connectivity index (χ1n) is 9.06. The first-order valence-corrected chi connectivity index (χ1v) is 10.7. The number of phenolic OH excluding ortho intramolecular Hbond substituents is 1. The maximum Gasteiger partial charge on any atom is 0.229 e. The summed E-state index contributed by atoms with van der Waals surface area (Å²) in [6.07, 6.45) is 4.07. The van der Waals surface area contributed by atoms with Crippen LogP contribution in [0.25, 0.3) is 0 Å². The van der Waals surface area contributed by atoms with Crippen molar-refractivity contribution in [2.24, 2.45) is 11.3 Å². The smallest absolute Gasteiger partial charge is 0.229 e. The summed E-state index contributed by atoms with van der Waals surface area (Å²) in [7, 11) is -3.36. The highest BCUT2D eigenvalue weighted by molar-refractivity contribution is 7.91. The minimum Gasteiger partial charge on any atom is -0.508 e. The van der Waals surface area contributed by atoms with Crippen LogP contribution in [0.3, 0.4) is 0 Å². The normalized spacial score (nSPS) is 27.4. The molecule has 1 heterocycles. The molecular weight excluding hydrogens is 338 g/mol. The van der Waals surface area contributed by atoms with Gasteiger partial charge in [-0.05, 0) is 76.1 Å². The molecule has 1 amide bonds. The van der Waals surface area contributed by atoms with Gasteiger partial charge in [0.15, 0.2) is 9.84 Å². The zero-order valence-electron chi connectivity index (χ0n) is 14.9. The second-order valence-corrected chi connectivity index (χ2v) is 9.88. The lowest BCUT2D eigenvalue weighted by atomic mass is 9.70. The Balaban J connectivity index is 1.63. The second-order valence-electron chi connectivity index (χ2n) is 7.84. The van der Waals surface area contributed by atoms with Gasteiger partial charge >= 0.3 is 0 Å². The molecule has 2 aliphatic rings. The molecule has 1 aliphatic carbocycles. The summed E-state index contributed by atoms with van der Waals surface area (Å²) >= 11 is 0. The average Bonchev–Trinajstić information content (AvgIpc) is 2.87. The molecule has 138 valence electrons. The van der Waals surface area contributed by atoms with Crippen molar-refractivity contribution in [3.63, 3.8) is 0 Å². The van der Waals surface area contributed by atoms with Crippen LogP contribution < -0.4 is 0 Å². The molecule has 1 saturated heterocycles. The van der Waals surface area contributed by atoms with Gasteiger partial charge < -0.3 is 10.0 Å². The van der Waals surface area contributed by atoms with Gasteiger partial charge in [0.05, 0.1) is 16.1 Å². The molecule has 1 aromatic rings. The summed E-state index contributed by atoms with van der Waals surface area (Å²) in [6, 6.07) is 5.95. The number of rotatable bonds is 4. The van der Waals surface area contributed by atoms with Gasteiger partial charge in [0.25, 0.3) is 0 Å². The molecule has 1 aliphatic heterocycles. The summed E-state index contributed by atoms with van der Waals surface area (Å²) in [6.45, 7) is 4.92. The van der Waals surface area contributed by atoms with Crippen molar-refractivity contribution in [3.8, 4) is 5.75 Å². The molecule has 3 rings (SSSR count). The molecule has 0 radical (unpaired) electrons. The predicted molar refractivity (Wildman–Crippen MR) is 96.0 cm³/mol. The van der Waals surface area contributed by atoms with Gasteiger partial charge in [-0.15, -0.1) is 0 Å². The van der Waals surface area contributed by atoms with Crippen LogP contribution in [-0.4, -0.2) is 42.7 Å². The molecule has 1 saturated carbocycles. The molecule has 0 aromatic heterocycles. The highest BCUT2D eigenvalue weighted by atomic mass is 32.2. The third-order valence-electron chi connectivity index (χ3n) is 5.88. The quantitative estimate of drug-likeness (QED) is 0.890. The maximum atomic E-state index is 12.8. The van der Waals surface area contributed by atoms with E-state index in [2.05, 4.69) is 0 Å². The van der Waals surface area contributed by atoms with E-state index in [9.17, 15) is 18.3 Å². The van der Waals surface area contributed by atoms with Crippen LogP contribution >= 0.6 is 0 Å². The molecule has 6 heteroatoms. The van der Waals surface area contributed by atoms with Crippen molar-refractivity contribution < 1.29 is 18.3 Å². The lowest BCUT2D eigenvalue weighted by Crippen LogP contribution is -2.40. The van der Waals surface area contributed by atoms with E-state index in [1.807, 2.05) is 18.7 Å². The number of hydrogen-bond acceptors (Lipinski definition) is 4. The number of amides is 1. The van der Waals surface area contributed by atoms with Crippen LogP contribution in [0.1, 0.15) is 46.0 Å². The van der Waals surface area contributed by atoms with Crippen LogP contribution in [0.4, 0.5) is 0 Å². The Bertz CT molecular complexity index is 731. The Morgan fingerprint density at radius 3 is 2.28 bits per heavy atom. The second kappa shape index (κ2) is 6.63. The summed E-state index contributed by atoms with van der Waals surface area (Å²) in [4.78, 5) is 15.0. The molecule has 0 bridgehead atoms. The van der Waals surface area contributed by atoms with Gasteiger partial charge in [-0.25, -0.2) is 8.42 Å². The van der Waals surface area contributed by atoms with Gasteiger partial charge in [-0.1, -0.05) is 0 Å². The van der Waals surface area contributed by atoms with Gasteiger partial charge in [0, 0.05) is 12.6 Å². The van der Waals surface area contributed by atoms with Crippen molar-refractivity contribution >= 4 is 15.7 Å². The van der Waals surface area contributed by atoms with E-state index in [-0.39, 0.29) is 39.7 Å². The fourth-order valence-electron chi connectivity index (χ4n) is 4.26. The van der Waals surface area contributed by atoms with Crippen molar-refractivity contribution in [1.82, 2.24) is 4.90 Å². The molecular formula is C19H27NO4S. The van der Waals surface area contributed by atoms with Crippen molar-refractivity contribution in [2.45, 2.75) is 56.9 Å². The van der Waals surface area contributed by atoms with E-state index in [0.717, 1.165) is 38.6 Å². The summed E-state index contributed by atoms with van der Waals surface area (Å²) in [5.41, 5.74) is -0.247. The van der Waals surface area contributed by atoms with Crippen molar-refractivity contribution in [3.05, 3.63) is 24.3 Å². The third kappa shape index (κ3) is 3.54. The van der Waals surface area contributed by atoms with Crippen LogP contribution in [0, 0.1) is 11.3 Å². The number of phenols is 1. The van der Waals surface area contributed by atoms with Crippen LogP contribution in [0.2, 0.25) is 0 Å². The van der Waals surface area contributed by atoms with Gasteiger partial charge in [0.2, 0.25) is 5.91 Å². The Labute approximate surface area is 150 Å². The van der Waals surface area contributed by atoms with Crippen molar-refractivity contribution in [2.75, 3.05) is 12.3 Å². The Morgan fingerprint density at radius 1 is 1.16 bits per heavy atom. The molecule has 2 fully saturated rings. The maximum absolute atomic E-state index is 12.8. The van der Waals surface area contributed by atoms with Crippen LogP contribution in [-0.2, 0) is 14.6 Å². The third-order valence-corrected chi connectivity index (χ3v) is 7.78. The zero-order valence-corrected chi connectivity index (χ0v) is 15.8. The number of aromatic hydroxyl groups is 1. The van der Waals surface area contributed by atoms with Crippen LogP contribution in [0.15, 0.2) is 29.2 Å². The highest BCUT2D eigenvalue weighted by Crippen LogP contribution is 2.47. The number of benzene rings is 1. The van der Waals surface area contributed by atoms with E-state index in [1.165, 1.54) is 24.3 Å². The van der Waals surface area contributed by atoms with Crippen molar-refractivity contribution in [1.29, 1.82) is 0 Å².